The van der Waals surface area contributed by atoms with Crippen molar-refractivity contribution in [3.05, 3.63) is 29.8 Å². The lowest BCUT2D eigenvalue weighted by molar-refractivity contribution is 0.0951. The summed E-state index contributed by atoms with van der Waals surface area (Å²) in [6.45, 7) is 8.88. The molecule has 140 valence electrons. The highest BCUT2D eigenvalue weighted by molar-refractivity contribution is 7.89. The maximum absolute atomic E-state index is 12.6. The molecule has 1 amide bonds. The van der Waals surface area contributed by atoms with Crippen LogP contribution in [-0.4, -0.2) is 62.8 Å². The Labute approximate surface area is 151 Å². The molecule has 2 rings (SSSR count). The molecule has 0 saturated carbocycles. The molecule has 1 fully saturated rings. The van der Waals surface area contributed by atoms with Gasteiger partial charge in [0.1, 0.15) is 0 Å². The van der Waals surface area contributed by atoms with E-state index in [0.29, 0.717) is 25.2 Å². The zero-order valence-corrected chi connectivity index (χ0v) is 16.0. The Morgan fingerprint density at radius 2 is 1.88 bits per heavy atom. The summed E-state index contributed by atoms with van der Waals surface area (Å²) in [6.07, 6.45) is 2.66. The van der Waals surface area contributed by atoms with Crippen LogP contribution in [0.2, 0.25) is 0 Å². The largest absolute Gasteiger partial charge is 0.352 e. The van der Waals surface area contributed by atoms with Gasteiger partial charge in [0.05, 0.1) is 4.90 Å². The molecule has 0 aliphatic carbocycles. The van der Waals surface area contributed by atoms with E-state index in [1.165, 1.54) is 10.4 Å². The summed E-state index contributed by atoms with van der Waals surface area (Å²) in [5.74, 6) is -0.224. The molecule has 1 aliphatic heterocycles. The lowest BCUT2D eigenvalue weighted by atomic mass is 10.2. The van der Waals surface area contributed by atoms with Gasteiger partial charge in [-0.05, 0) is 57.1 Å². The first-order valence-electron chi connectivity index (χ1n) is 9.09. The van der Waals surface area contributed by atoms with Crippen molar-refractivity contribution in [1.82, 2.24) is 14.5 Å². The third-order valence-corrected chi connectivity index (χ3v) is 6.52. The van der Waals surface area contributed by atoms with Crippen LogP contribution in [0, 0.1) is 0 Å². The highest BCUT2D eigenvalue weighted by Crippen LogP contribution is 2.21. The number of amides is 1. The van der Waals surface area contributed by atoms with Crippen LogP contribution in [0.15, 0.2) is 29.2 Å². The zero-order valence-electron chi connectivity index (χ0n) is 15.2. The third-order valence-electron chi connectivity index (χ3n) is 4.63. The minimum absolute atomic E-state index is 0.199. The lowest BCUT2D eigenvalue weighted by Crippen LogP contribution is -2.30. The second kappa shape index (κ2) is 9.31. The van der Waals surface area contributed by atoms with Crippen LogP contribution >= 0.6 is 0 Å². The topological polar surface area (TPSA) is 69.7 Å². The predicted molar refractivity (Wildman–Crippen MR) is 99.2 cm³/mol. The first-order valence-corrected chi connectivity index (χ1v) is 10.5. The van der Waals surface area contributed by atoms with Crippen molar-refractivity contribution in [2.75, 3.05) is 39.3 Å². The van der Waals surface area contributed by atoms with E-state index in [9.17, 15) is 13.2 Å². The maximum atomic E-state index is 12.6. The van der Waals surface area contributed by atoms with Crippen molar-refractivity contribution >= 4 is 15.9 Å². The van der Waals surface area contributed by atoms with Crippen molar-refractivity contribution in [3.63, 3.8) is 0 Å². The summed E-state index contributed by atoms with van der Waals surface area (Å²) >= 11 is 0. The van der Waals surface area contributed by atoms with Gasteiger partial charge in [0.2, 0.25) is 10.0 Å². The summed E-state index contributed by atoms with van der Waals surface area (Å²) in [5, 5.41) is 2.88. The van der Waals surface area contributed by atoms with Gasteiger partial charge < -0.3 is 10.2 Å². The third kappa shape index (κ3) is 5.26. The van der Waals surface area contributed by atoms with Gasteiger partial charge in [-0.2, -0.15) is 4.31 Å². The van der Waals surface area contributed by atoms with Gasteiger partial charge >= 0.3 is 0 Å². The Kier molecular flexibility index (Phi) is 7.40. The van der Waals surface area contributed by atoms with Crippen molar-refractivity contribution in [2.45, 2.75) is 38.0 Å². The molecule has 0 atom stereocenters. The molecule has 1 aliphatic rings. The summed E-state index contributed by atoms with van der Waals surface area (Å²) in [4.78, 5) is 14.8. The van der Waals surface area contributed by atoms with Gasteiger partial charge in [-0.15, -0.1) is 0 Å². The molecule has 1 heterocycles. The molecule has 1 aromatic rings. The molecule has 1 saturated heterocycles. The number of rotatable bonds is 9. The Bertz CT molecular complexity index is 666. The SMILES string of the molecule is CCN(CC)CCCNC(=O)c1cccc(S(=O)(=O)N2CCCC2)c1. The molecule has 1 aromatic carbocycles. The Hall–Kier alpha value is -1.44. The first-order chi connectivity index (χ1) is 12.0. The number of carbonyl (C=O) groups excluding carboxylic acids is 1. The van der Waals surface area contributed by atoms with Crippen LogP contribution in [0.4, 0.5) is 0 Å². The highest BCUT2D eigenvalue weighted by atomic mass is 32.2. The van der Waals surface area contributed by atoms with Crippen LogP contribution < -0.4 is 5.32 Å². The van der Waals surface area contributed by atoms with Gasteiger partial charge in [0.15, 0.2) is 0 Å². The number of benzene rings is 1. The number of nitrogens with zero attached hydrogens (tertiary/aromatic N) is 2. The number of carbonyl (C=O) groups is 1. The van der Waals surface area contributed by atoms with Crippen molar-refractivity contribution in [2.24, 2.45) is 0 Å². The van der Waals surface area contributed by atoms with Gasteiger partial charge in [-0.25, -0.2) is 8.42 Å². The number of hydrogen-bond acceptors (Lipinski definition) is 4. The zero-order chi connectivity index (χ0) is 18.3. The minimum atomic E-state index is -3.49. The molecule has 7 heteroatoms. The van der Waals surface area contributed by atoms with Crippen LogP contribution in [0.5, 0.6) is 0 Å². The van der Waals surface area contributed by atoms with E-state index in [4.69, 9.17) is 0 Å². The lowest BCUT2D eigenvalue weighted by Gasteiger charge is -2.18. The van der Waals surface area contributed by atoms with E-state index in [1.54, 1.807) is 18.2 Å². The van der Waals surface area contributed by atoms with Crippen molar-refractivity contribution in [3.8, 4) is 0 Å². The monoisotopic (exact) mass is 367 g/mol. The van der Waals surface area contributed by atoms with E-state index in [2.05, 4.69) is 24.1 Å². The molecule has 1 N–H and O–H groups in total. The Balaban J connectivity index is 1.95. The fourth-order valence-electron chi connectivity index (χ4n) is 3.02. The highest BCUT2D eigenvalue weighted by Gasteiger charge is 2.27. The first kappa shape index (κ1) is 19.9. The molecule has 0 bridgehead atoms. The summed E-state index contributed by atoms with van der Waals surface area (Å²) < 4.78 is 26.7. The molecular formula is C18H29N3O3S. The van der Waals surface area contributed by atoms with E-state index < -0.39 is 10.0 Å². The average Bonchev–Trinajstić information content (AvgIpc) is 3.17. The van der Waals surface area contributed by atoms with E-state index in [0.717, 1.165) is 38.9 Å². The van der Waals surface area contributed by atoms with E-state index in [1.807, 2.05) is 0 Å². The molecule has 6 nitrogen and oxygen atoms in total. The number of hydrogen-bond donors (Lipinski definition) is 1. The standard InChI is InChI=1S/C18H29N3O3S/c1-3-20(4-2)12-8-11-19-18(22)16-9-7-10-17(15-16)25(23,24)21-13-5-6-14-21/h7,9-10,15H,3-6,8,11-14H2,1-2H3,(H,19,22). The number of sulfonamides is 1. The summed E-state index contributed by atoms with van der Waals surface area (Å²) in [7, 11) is -3.49. The van der Waals surface area contributed by atoms with Gasteiger partial charge in [-0.1, -0.05) is 19.9 Å². The van der Waals surface area contributed by atoms with Crippen LogP contribution in [0.25, 0.3) is 0 Å². The normalized spacial score (nSPS) is 15.6. The van der Waals surface area contributed by atoms with Gasteiger partial charge in [0.25, 0.3) is 5.91 Å². The van der Waals surface area contributed by atoms with E-state index in [-0.39, 0.29) is 10.8 Å². The van der Waals surface area contributed by atoms with Crippen LogP contribution in [0.1, 0.15) is 43.5 Å². The minimum Gasteiger partial charge on any atom is -0.352 e. The predicted octanol–water partition coefficient (Wildman–Crippen LogP) is 1.93. The van der Waals surface area contributed by atoms with Crippen LogP contribution in [-0.2, 0) is 10.0 Å². The van der Waals surface area contributed by atoms with E-state index >= 15 is 0 Å². The quantitative estimate of drug-likeness (QED) is 0.677. The average molecular weight is 368 g/mol. The fraction of sp³-hybridized carbons (Fsp3) is 0.611. The number of nitrogens with one attached hydrogen (secondary N) is 1. The summed E-state index contributed by atoms with van der Waals surface area (Å²) in [5.41, 5.74) is 0.392. The smallest absolute Gasteiger partial charge is 0.251 e. The van der Waals surface area contributed by atoms with Gasteiger partial charge in [0, 0.05) is 25.2 Å². The molecule has 25 heavy (non-hydrogen) atoms. The van der Waals surface area contributed by atoms with Crippen molar-refractivity contribution in [1.29, 1.82) is 0 Å². The van der Waals surface area contributed by atoms with Gasteiger partial charge in [-0.3, -0.25) is 4.79 Å². The maximum Gasteiger partial charge on any atom is 0.251 e. The molecular weight excluding hydrogens is 338 g/mol. The van der Waals surface area contributed by atoms with Crippen LogP contribution in [0.3, 0.4) is 0 Å². The van der Waals surface area contributed by atoms with Crippen molar-refractivity contribution < 1.29 is 13.2 Å². The molecule has 0 radical (unpaired) electrons. The second-order valence-electron chi connectivity index (χ2n) is 6.28. The molecule has 0 aromatic heterocycles. The second-order valence-corrected chi connectivity index (χ2v) is 8.21. The summed E-state index contributed by atoms with van der Waals surface area (Å²) in [6, 6.07) is 6.33. The Morgan fingerprint density at radius 1 is 1.20 bits per heavy atom. The molecule has 0 spiro atoms. The fourth-order valence-corrected chi connectivity index (χ4v) is 4.59. The Morgan fingerprint density at radius 3 is 2.52 bits per heavy atom. The molecule has 0 unspecified atom stereocenters.